The number of carbonyl (C=O) groups excluding carboxylic acids is 3. The second-order valence-corrected chi connectivity index (χ2v) is 9.36. The van der Waals surface area contributed by atoms with Crippen molar-refractivity contribution in [3.63, 3.8) is 0 Å². The van der Waals surface area contributed by atoms with E-state index in [9.17, 15) is 19.5 Å². The number of ether oxygens (including phenoxy) is 2. The average molecular weight is 463 g/mol. The summed E-state index contributed by atoms with van der Waals surface area (Å²) in [5.74, 6) is -1.83. The molecule has 3 unspecified atom stereocenters. The summed E-state index contributed by atoms with van der Waals surface area (Å²) < 4.78 is 10.8. The smallest absolute Gasteiger partial charge is 0.250 e. The molecule has 2 fully saturated rings. The first-order chi connectivity index (χ1) is 16.3. The first kappa shape index (κ1) is 21.1. The number of nitrogens with one attached hydrogen (secondary N) is 2. The number of hydrogen-bond donors (Lipinski definition) is 3. The number of anilines is 1. The van der Waals surface area contributed by atoms with Crippen LogP contribution in [0, 0.1) is 11.8 Å². The normalized spacial score (nSPS) is 29.6. The molecule has 34 heavy (non-hydrogen) atoms. The molecule has 176 valence electrons. The van der Waals surface area contributed by atoms with Gasteiger partial charge in [-0.1, -0.05) is 25.1 Å². The number of amides is 3. The summed E-state index contributed by atoms with van der Waals surface area (Å²) in [7, 11) is 0. The van der Waals surface area contributed by atoms with E-state index >= 15 is 0 Å². The van der Waals surface area contributed by atoms with Crippen molar-refractivity contribution in [2.75, 3.05) is 12.1 Å². The minimum absolute atomic E-state index is 0.0490. The predicted octanol–water partition coefficient (Wildman–Crippen LogP) is 1.28. The van der Waals surface area contributed by atoms with Crippen LogP contribution in [-0.2, 0) is 32.9 Å². The van der Waals surface area contributed by atoms with Gasteiger partial charge in [0.15, 0.2) is 11.5 Å². The summed E-state index contributed by atoms with van der Waals surface area (Å²) in [6, 6.07) is 10.2. The summed E-state index contributed by atoms with van der Waals surface area (Å²) >= 11 is 0. The Bertz CT molecular complexity index is 1240. The van der Waals surface area contributed by atoms with Gasteiger partial charge in [-0.05, 0) is 42.7 Å². The maximum absolute atomic E-state index is 13.8. The minimum Gasteiger partial charge on any atom is -0.454 e. The van der Waals surface area contributed by atoms with Gasteiger partial charge in [-0.2, -0.15) is 0 Å². The Morgan fingerprint density at radius 1 is 1.09 bits per heavy atom. The Balaban J connectivity index is 1.42. The third-order valence-electron chi connectivity index (χ3n) is 7.51. The van der Waals surface area contributed by atoms with Gasteiger partial charge in [-0.15, -0.1) is 0 Å². The summed E-state index contributed by atoms with van der Waals surface area (Å²) in [5.41, 5.74) is 1.59. The van der Waals surface area contributed by atoms with Crippen LogP contribution in [-0.4, -0.2) is 46.7 Å². The van der Waals surface area contributed by atoms with E-state index in [4.69, 9.17) is 9.47 Å². The van der Waals surface area contributed by atoms with Gasteiger partial charge in [0.05, 0.1) is 24.5 Å². The molecule has 6 rings (SSSR count). The molecule has 0 aromatic heterocycles. The zero-order valence-corrected chi connectivity index (χ0v) is 18.8. The topological polar surface area (TPSA) is 117 Å². The zero-order valence-electron chi connectivity index (χ0n) is 18.8. The number of aliphatic hydroxyl groups is 1. The number of hydrogen-bond acceptors (Lipinski definition) is 7. The quantitative estimate of drug-likeness (QED) is 0.585. The van der Waals surface area contributed by atoms with Crippen LogP contribution in [0.15, 0.2) is 36.4 Å². The zero-order chi connectivity index (χ0) is 23.8. The fourth-order valence-electron chi connectivity index (χ4n) is 5.85. The lowest BCUT2D eigenvalue weighted by molar-refractivity contribution is -0.143. The molecule has 0 radical (unpaired) electrons. The third kappa shape index (κ3) is 2.71. The van der Waals surface area contributed by atoms with E-state index in [0.717, 1.165) is 12.0 Å². The molecule has 9 nitrogen and oxygen atoms in total. The second-order valence-electron chi connectivity index (χ2n) is 9.36. The molecule has 0 aliphatic carbocycles. The monoisotopic (exact) mass is 463 g/mol. The highest BCUT2D eigenvalue weighted by atomic mass is 16.7. The van der Waals surface area contributed by atoms with Crippen LogP contribution in [0.3, 0.4) is 0 Å². The van der Waals surface area contributed by atoms with Gasteiger partial charge in [-0.3, -0.25) is 24.6 Å². The highest BCUT2D eigenvalue weighted by molar-refractivity contribution is 6.15. The van der Waals surface area contributed by atoms with Gasteiger partial charge in [-0.25, -0.2) is 0 Å². The number of aryl methyl sites for hydroxylation is 1. The number of rotatable bonds is 4. The molecule has 4 aliphatic heterocycles. The van der Waals surface area contributed by atoms with Crippen LogP contribution >= 0.6 is 0 Å². The van der Waals surface area contributed by atoms with Crippen LogP contribution < -0.4 is 20.1 Å². The highest BCUT2D eigenvalue weighted by Gasteiger charge is 2.71. The van der Waals surface area contributed by atoms with Crippen molar-refractivity contribution in [2.24, 2.45) is 11.8 Å². The number of carbonyl (C=O) groups is 3. The molecule has 3 N–H and O–H groups in total. The number of aliphatic hydroxyl groups excluding tert-OH is 1. The molecule has 0 saturated carbocycles. The van der Waals surface area contributed by atoms with Gasteiger partial charge in [0.2, 0.25) is 24.5 Å². The van der Waals surface area contributed by atoms with Crippen molar-refractivity contribution in [2.45, 2.75) is 44.5 Å². The van der Waals surface area contributed by atoms with E-state index in [1.54, 1.807) is 25.1 Å². The maximum Gasteiger partial charge on any atom is 0.250 e. The standard InChI is InChI=1S/C25H25N3O6/c1-3-13-4-6-16-15(8-13)25(24(32)26-16)20-19(21(27-25)12(2)29)22(30)28(23(20)31)10-14-5-7-17-18(9-14)34-11-33-17/h4-9,12,19-21,27,29H,3,10-11H2,1-2H3,(H,26,32)/t12?,19-,20-,21?,25?/m0/s1. The number of nitrogens with zero attached hydrogens (tertiary/aromatic N) is 1. The Hall–Kier alpha value is -3.43. The van der Waals surface area contributed by atoms with E-state index in [-0.39, 0.29) is 19.2 Å². The van der Waals surface area contributed by atoms with E-state index in [0.29, 0.717) is 28.3 Å². The van der Waals surface area contributed by atoms with Crippen molar-refractivity contribution < 1.29 is 29.0 Å². The van der Waals surface area contributed by atoms with Crippen LogP contribution in [0.1, 0.15) is 30.5 Å². The van der Waals surface area contributed by atoms with E-state index in [1.807, 2.05) is 25.1 Å². The Morgan fingerprint density at radius 2 is 1.85 bits per heavy atom. The third-order valence-corrected chi connectivity index (χ3v) is 7.51. The molecule has 0 bridgehead atoms. The Kier molecular flexibility index (Phi) is 4.53. The van der Waals surface area contributed by atoms with Crippen LogP contribution in [0.2, 0.25) is 0 Å². The van der Waals surface area contributed by atoms with Gasteiger partial charge in [0.25, 0.3) is 0 Å². The molecule has 2 aromatic carbocycles. The molecule has 4 aliphatic rings. The van der Waals surface area contributed by atoms with E-state index in [2.05, 4.69) is 10.6 Å². The van der Waals surface area contributed by atoms with E-state index in [1.165, 1.54) is 4.90 Å². The van der Waals surface area contributed by atoms with Crippen molar-refractivity contribution in [1.82, 2.24) is 10.2 Å². The van der Waals surface area contributed by atoms with E-state index < -0.39 is 41.3 Å². The van der Waals surface area contributed by atoms with Crippen LogP contribution in [0.5, 0.6) is 11.5 Å². The van der Waals surface area contributed by atoms with Gasteiger partial charge in [0.1, 0.15) is 5.54 Å². The summed E-state index contributed by atoms with van der Waals surface area (Å²) in [6.07, 6.45) is -0.186. The van der Waals surface area contributed by atoms with Gasteiger partial charge < -0.3 is 19.9 Å². The van der Waals surface area contributed by atoms with Gasteiger partial charge in [0, 0.05) is 17.3 Å². The van der Waals surface area contributed by atoms with Crippen molar-refractivity contribution in [1.29, 1.82) is 0 Å². The first-order valence-corrected chi connectivity index (χ1v) is 11.5. The Labute approximate surface area is 196 Å². The summed E-state index contributed by atoms with van der Waals surface area (Å²) in [4.78, 5) is 42.1. The average Bonchev–Trinajstić information content (AvgIpc) is 3.55. The lowest BCUT2D eigenvalue weighted by atomic mass is 9.76. The van der Waals surface area contributed by atoms with Crippen LogP contribution in [0.25, 0.3) is 0 Å². The summed E-state index contributed by atoms with van der Waals surface area (Å²) in [5, 5.41) is 16.7. The fraction of sp³-hybridized carbons (Fsp3) is 0.400. The number of fused-ring (bicyclic) bond motifs is 5. The molecule has 1 spiro atoms. The number of benzene rings is 2. The molecule has 2 aromatic rings. The molecule has 9 heteroatoms. The molecule has 5 atom stereocenters. The second kappa shape index (κ2) is 7.28. The SMILES string of the molecule is CCc1ccc2c(c1)C1(NC(C(C)O)[C@H]3C(=O)N(Cc4ccc5c(c4)OCO5)C(=O)[C@H]31)C(=O)N2. The first-order valence-electron chi connectivity index (χ1n) is 11.5. The Morgan fingerprint density at radius 3 is 2.62 bits per heavy atom. The predicted molar refractivity (Wildman–Crippen MR) is 120 cm³/mol. The lowest BCUT2D eigenvalue weighted by Gasteiger charge is -2.30. The van der Waals surface area contributed by atoms with Crippen molar-refractivity contribution >= 4 is 23.4 Å². The molecular weight excluding hydrogens is 438 g/mol. The number of imide groups is 1. The van der Waals surface area contributed by atoms with Crippen molar-refractivity contribution in [3.8, 4) is 11.5 Å². The highest BCUT2D eigenvalue weighted by Crippen LogP contribution is 2.53. The van der Waals surface area contributed by atoms with Gasteiger partial charge >= 0.3 is 0 Å². The fourth-order valence-corrected chi connectivity index (χ4v) is 5.85. The molecular formula is C25H25N3O6. The number of likely N-dealkylation sites (tertiary alicyclic amines) is 1. The lowest BCUT2D eigenvalue weighted by Crippen LogP contribution is -2.54. The summed E-state index contributed by atoms with van der Waals surface area (Å²) in [6.45, 7) is 3.76. The van der Waals surface area contributed by atoms with Crippen LogP contribution in [0.4, 0.5) is 5.69 Å². The molecule has 4 heterocycles. The largest absolute Gasteiger partial charge is 0.454 e. The minimum atomic E-state index is -1.41. The molecule has 3 amide bonds. The molecule has 2 saturated heterocycles. The maximum atomic E-state index is 13.8. The van der Waals surface area contributed by atoms with Crippen molar-refractivity contribution in [3.05, 3.63) is 53.1 Å².